The van der Waals surface area contributed by atoms with Gasteiger partial charge < -0.3 is 10.1 Å². The normalized spacial score (nSPS) is 15.1. The number of esters is 1. The number of benzene rings is 1. The predicted molar refractivity (Wildman–Crippen MR) is 95.6 cm³/mol. The molecule has 1 N–H and O–H groups in total. The van der Waals surface area contributed by atoms with Gasteiger partial charge in [0.25, 0.3) is 0 Å². The molecule has 3 aromatic rings. The van der Waals surface area contributed by atoms with Gasteiger partial charge in [0.05, 0.1) is 12.1 Å². The van der Waals surface area contributed by atoms with Crippen molar-refractivity contribution in [3.63, 3.8) is 0 Å². The average Bonchev–Trinajstić information content (AvgIpc) is 3.23. The van der Waals surface area contributed by atoms with E-state index in [0.29, 0.717) is 24.3 Å². The summed E-state index contributed by atoms with van der Waals surface area (Å²) in [5.74, 6) is 0.219. The van der Waals surface area contributed by atoms with Crippen LogP contribution in [0.15, 0.2) is 18.3 Å². The molecule has 0 amide bonds. The van der Waals surface area contributed by atoms with Gasteiger partial charge in [-0.25, -0.2) is 14.8 Å². The molecule has 2 heterocycles. The highest BCUT2D eigenvalue weighted by atomic mass is 16.5. The number of anilines is 1. The van der Waals surface area contributed by atoms with E-state index in [2.05, 4.69) is 15.4 Å². The molecule has 0 bridgehead atoms. The lowest BCUT2D eigenvalue weighted by Crippen LogP contribution is -2.16. The molecule has 2 aromatic heterocycles. The highest BCUT2D eigenvalue weighted by Gasteiger charge is 2.20. The maximum atomic E-state index is 12.2. The van der Waals surface area contributed by atoms with E-state index < -0.39 is 5.97 Å². The SMILES string of the molecule is CCOC(=O)c1nn(C)c2c1ccc1cnc(NC3CCCC3)nc12. The van der Waals surface area contributed by atoms with Gasteiger partial charge in [0.1, 0.15) is 5.52 Å². The van der Waals surface area contributed by atoms with Crippen molar-refractivity contribution in [2.45, 2.75) is 38.6 Å². The van der Waals surface area contributed by atoms with E-state index in [4.69, 9.17) is 9.72 Å². The third-order valence-electron chi connectivity index (χ3n) is 4.71. The molecule has 25 heavy (non-hydrogen) atoms. The lowest BCUT2D eigenvalue weighted by molar-refractivity contribution is 0.0521. The number of hydrogen-bond donors (Lipinski definition) is 1. The summed E-state index contributed by atoms with van der Waals surface area (Å²) in [6.45, 7) is 2.11. The average molecular weight is 339 g/mol. The van der Waals surface area contributed by atoms with Crippen molar-refractivity contribution < 1.29 is 9.53 Å². The van der Waals surface area contributed by atoms with E-state index in [9.17, 15) is 4.79 Å². The highest BCUT2D eigenvalue weighted by Crippen LogP contribution is 2.28. The van der Waals surface area contributed by atoms with Crippen LogP contribution in [0.4, 0.5) is 5.95 Å². The van der Waals surface area contributed by atoms with Gasteiger partial charge in [-0.05, 0) is 25.8 Å². The second kappa shape index (κ2) is 6.31. The number of rotatable bonds is 4. The summed E-state index contributed by atoms with van der Waals surface area (Å²) >= 11 is 0. The summed E-state index contributed by atoms with van der Waals surface area (Å²) in [7, 11) is 1.82. The van der Waals surface area contributed by atoms with Crippen LogP contribution in [0.25, 0.3) is 21.8 Å². The van der Waals surface area contributed by atoms with Crippen LogP contribution < -0.4 is 5.32 Å². The number of nitrogens with one attached hydrogen (secondary N) is 1. The van der Waals surface area contributed by atoms with Crippen molar-refractivity contribution in [2.75, 3.05) is 11.9 Å². The quantitative estimate of drug-likeness (QED) is 0.736. The topological polar surface area (TPSA) is 81.9 Å². The molecule has 7 heteroatoms. The third kappa shape index (κ3) is 2.79. The molecule has 4 rings (SSSR count). The zero-order chi connectivity index (χ0) is 17.4. The fourth-order valence-electron chi connectivity index (χ4n) is 3.53. The molecule has 0 radical (unpaired) electrons. The highest BCUT2D eigenvalue weighted by molar-refractivity contribution is 6.10. The van der Waals surface area contributed by atoms with Gasteiger partial charge in [-0.2, -0.15) is 5.10 Å². The van der Waals surface area contributed by atoms with E-state index in [1.807, 2.05) is 25.4 Å². The second-order valence-electron chi connectivity index (χ2n) is 6.41. The molecule has 1 aromatic carbocycles. The Morgan fingerprint density at radius 2 is 2.16 bits per heavy atom. The number of carbonyl (C=O) groups is 1. The summed E-state index contributed by atoms with van der Waals surface area (Å²) < 4.78 is 6.80. The maximum absolute atomic E-state index is 12.2. The van der Waals surface area contributed by atoms with Gasteiger partial charge in [-0.3, -0.25) is 4.68 Å². The number of ether oxygens (including phenoxy) is 1. The van der Waals surface area contributed by atoms with Gasteiger partial charge in [0, 0.05) is 30.1 Å². The zero-order valence-electron chi connectivity index (χ0n) is 14.5. The Balaban J connectivity index is 1.82. The first kappa shape index (κ1) is 15.8. The van der Waals surface area contributed by atoms with Crippen LogP contribution in [-0.2, 0) is 11.8 Å². The molecule has 130 valence electrons. The first-order valence-electron chi connectivity index (χ1n) is 8.73. The van der Waals surface area contributed by atoms with E-state index in [1.54, 1.807) is 11.6 Å². The van der Waals surface area contributed by atoms with Crippen molar-refractivity contribution in [1.82, 2.24) is 19.7 Å². The largest absolute Gasteiger partial charge is 0.461 e. The van der Waals surface area contributed by atoms with E-state index >= 15 is 0 Å². The Hall–Kier alpha value is -2.70. The molecule has 1 aliphatic rings. The molecular weight excluding hydrogens is 318 g/mol. The Morgan fingerprint density at radius 1 is 1.36 bits per heavy atom. The number of aromatic nitrogens is 4. The van der Waals surface area contributed by atoms with Gasteiger partial charge in [0.15, 0.2) is 5.69 Å². The fraction of sp³-hybridized carbons (Fsp3) is 0.444. The lowest BCUT2D eigenvalue weighted by atomic mass is 10.1. The Labute approximate surface area is 145 Å². The number of hydrogen-bond acceptors (Lipinski definition) is 6. The van der Waals surface area contributed by atoms with Crippen molar-refractivity contribution in [3.8, 4) is 0 Å². The summed E-state index contributed by atoms with van der Waals surface area (Å²) in [5, 5.41) is 9.44. The fourth-order valence-corrected chi connectivity index (χ4v) is 3.53. The van der Waals surface area contributed by atoms with Crippen LogP contribution in [0.5, 0.6) is 0 Å². The standard InChI is InChI=1S/C18H21N5O2/c1-3-25-17(24)15-13-9-8-11-10-19-18(20-12-6-4-5-7-12)21-14(11)16(13)23(2)22-15/h8-10,12H,3-7H2,1-2H3,(H,19,20,21). The summed E-state index contributed by atoms with van der Waals surface area (Å²) in [6, 6.07) is 4.24. The van der Waals surface area contributed by atoms with Crippen molar-refractivity contribution in [1.29, 1.82) is 0 Å². The number of carbonyl (C=O) groups excluding carboxylic acids is 1. The minimum absolute atomic E-state index is 0.322. The van der Waals surface area contributed by atoms with Crippen LogP contribution >= 0.6 is 0 Å². The minimum Gasteiger partial charge on any atom is -0.461 e. The zero-order valence-corrected chi connectivity index (χ0v) is 14.5. The predicted octanol–water partition coefficient (Wildman–Crippen LogP) is 3.05. The summed E-state index contributed by atoms with van der Waals surface area (Å²) in [6.07, 6.45) is 6.63. The molecule has 1 saturated carbocycles. The second-order valence-corrected chi connectivity index (χ2v) is 6.41. The lowest BCUT2D eigenvalue weighted by Gasteiger charge is -2.12. The maximum Gasteiger partial charge on any atom is 0.359 e. The van der Waals surface area contributed by atoms with Gasteiger partial charge in [0.2, 0.25) is 5.95 Å². The summed E-state index contributed by atoms with van der Waals surface area (Å²) in [4.78, 5) is 21.3. The van der Waals surface area contributed by atoms with Gasteiger partial charge in [-0.1, -0.05) is 18.9 Å². The van der Waals surface area contributed by atoms with E-state index in [-0.39, 0.29) is 0 Å². The van der Waals surface area contributed by atoms with Crippen molar-refractivity contribution in [3.05, 3.63) is 24.0 Å². The molecule has 1 fully saturated rings. The van der Waals surface area contributed by atoms with Crippen molar-refractivity contribution >= 4 is 33.7 Å². The van der Waals surface area contributed by atoms with Gasteiger partial charge >= 0.3 is 5.97 Å². The molecule has 7 nitrogen and oxygen atoms in total. The molecule has 1 aliphatic carbocycles. The monoisotopic (exact) mass is 339 g/mol. The first-order valence-corrected chi connectivity index (χ1v) is 8.73. The first-order chi connectivity index (χ1) is 12.2. The van der Waals surface area contributed by atoms with E-state index in [0.717, 1.165) is 34.6 Å². The Kier molecular flexibility index (Phi) is 3.99. The van der Waals surface area contributed by atoms with Crippen LogP contribution in [0.1, 0.15) is 43.1 Å². The minimum atomic E-state index is -0.411. The third-order valence-corrected chi connectivity index (χ3v) is 4.71. The number of fused-ring (bicyclic) bond motifs is 3. The molecular formula is C18H21N5O2. The van der Waals surface area contributed by atoms with E-state index in [1.165, 1.54) is 12.8 Å². The van der Waals surface area contributed by atoms with Crippen LogP contribution in [-0.4, -0.2) is 38.4 Å². The van der Waals surface area contributed by atoms with Crippen molar-refractivity contribution in [2.24, 2.45) is 7.05 Å². The smallest absolute Gasteiger partial charge is 0.359 e. The molecule has 0 aliphatic heterocycles. The van der Waals surface area contributed by atoms with Gasteiger partial charge in [-0.15, -0.1) is 0 Å². The molecule has 0 unspecified atom stereocenters. The molecule has 0 saturated heterocycles. The summed E-state index contributed by atoms with van der Waals surface area (Å²) in [5.41, 5.74) is 1.93. The van der Waals surface area contributed by atoms with Crippen LogP contribution in [0.2, 0.25) is 0 Å². The number of nitrogens with zero attached hydrogens (tertiary/aromatic N) is 4. The Bertz CT molecular complexity index is 943. The van der Waals surface area contributed by atoms with Crippen LogP contribution in [0.3, 0.4) is 0 Å². The number of aryl methyl sites for hydroxylation is 1. The Morgan fingerprint density at radius 3 is 2.92 bits per heavy atom. The van der Waals surface area contributed by atoms with Crippen LogP contribution in [0, 0.1) is 0 Å². The molecule has 0 spiro atoms. The molecule has 0 atom stereocenters.